The standard InChI is InChI=1S/C12H23N5.HI/c1-8(2)6-14-12(13)15-7-11-9(3)16-17(5)10(11)4;/h8H,6-7H2,1-5H3,(H3,13,14,15);1H. The first-order valence-electron chi connectivity index (χ1n) is 5.94. The van der Waals surface area contributed by atoms with Crippen molar-refractivity contribution >= 4 is 29.9 Å². The molecule has 18 heavy (non-hydrogen) atoms. The maximum absolute atomic E-state index is 5.79. The third-order valence-electron chi connectivity index (χ3n) is 2.76. The molecular weight excluding hydrogens is 341 g/mol. The summed E-state index contributed by atoms with van der Waals surface area (Å²) in [5, 5.41) is 7.45. The van der Waals surface area contributed by atoms with E-state index in [9.17, 15) is 0 Å². The Morgan fingerprint density at radius 1 is 1.44 bits per heavy atom. The van der Waals surface area contributed by atoms with Crippen molar-refractivity contribution < 1.29 is 0 Å². The van der Waals surface area contributed by atoms with Gasteiger partial charge in [0, 0.05) is 24.8 Å². The van der Waals surface area contributed by atoms with Crippen molar-refractivity contribution in [2.45, 2.75) is 34.2 Å². The molecule has 0 saturated heterocycles. The summed E-state index contributed by atoms with van der Waals surface area (Å²) in [7, 11) is 1.94. The minimum atomic E-state index is 0. The number of hydrogen-bond donors (Lipinski definition) is 2. The van der Waals surface area contributed by atoms with Gasteiger partial charge in [0.25, 0.3) is 0 Å². The summed E-state index contributed by atoms with van der Waals surface area (Å²) < 4.78 is 1.87. The number of nitrogens with two attached hydrogens (primary N) is 1. The van der Waals surface area contributed by atoms with Gasteiger partial charge in [0.15, 0.2) is 5.96 Å². The van der Waals surface area contributed by atoms with E-state index in [4.69, 9.17) is 5.73 Å². The van der Waals surface area contributed by atoms with E-state index in [2.05, 4.69) is 29.3 Å². The number of aliphatic imine (C=N–C) groups is 1. The van der Waals surface area contributed by atoms with Gasteiger partial charge in [-0.1, -0.05) is 13.8 Å². The van der Waals surface area contributed by atoms with Gasteiger partial charge in [0.2, 0.25) is 0 Å². The Balaban J connectivity index is 0.00000289. The minimum absolute atomic E-state index is 0. The zero-order valence-corrected chi connectivity index (χ0v) is 14.1. The maximum Gasteiger partial charge on any atom is 0.188 e. The van der Waals surface area contributed by atoms with Crippen LogP contribution in [-0.2, 0) is 13.6 Å². The van der Waals surface area contributed by atoms with Gasteiger partial charge in [-0.15, -0.1) is 24.0 Å². The fourth-order valence-corrected chi connectivity index (χ4v) is 1.58. The van der Waals surface area contributed by atoms with Crippen molar-refractivity contribution in [2.24, 2.45) is 23.7 Å². The summed E-state index contributed by atoms with van der Waals surface area (Å²) in [5.41, 5.74) is 9.10. The summed E-state index contributed by atoms with van der Waals surface area (Å²) in [4.78, 5) is 4.33. The lowest BCUT2D eigenvalue weighted by Crippen LogP contribution is -2.34. The van der Waals surface area contributed by atoms with Crippen molar-refractivity contribution in [1.29, 1.82) is 0 Å². The van der Waals surface area contributed by atoms with Crippen LogP contribution in [0.4, 0.5) is 0 Å². The van der Waals surface area contributed by atoms with Gasteiger partial charge in [-0.2, -0.15) is 5.10 Å². The predicted molar refractivity (Wildman–Crippen MR) is 86.3 cm³/mol. The van der Waals surface area contributed by atoms with Gasteiger partial charge in [0.05, 0.1) is 12.2 Å². The van der Waals surface area contributed by atoms with Gasteiger partial charge < -0.3 is 11.1 Å². The van der Waals surface area contributed by atoms with E-state index in [0.717, 1.165) is 23.5 Å². The zero-order valence-electron chi connectivity index (χ0n) is 11.8. The molecule has 5 nitrogen and oxygen atoms in total. The molecule has 1 aromatic heterocycles. The second kappa shape index (κ2) is 7.60. The number of hydrogen-bond acceptors (Lipinski definition) is 2. The normalized spacial score (nSPS) is 11.6. The molecular formula is C12H24IN5. The molecule has 1 heterocycles. The predicted octanol–water partition coefficient (Wildman–Crippen LogP) is 1.72. The van der Waals surface area contributed by atoms with Gasteiger partial charge in [-0.05, 0) is 19.8 Å². The number of aromatic nitrogens is 2. The molecule has 0 atom stereocenters. The average molecular weight is 365 g/mol. The molecule has 1 aromatic rings. The Morgan fingerprint density at radius 2 is 2.06 bits per heavy atom. The SMILES string of the molecule is Cc1nn(C)c(C)c1CN=C(N)NCC(C)C.I. The van der Waals surface area contributed by atoms with Crippen LogP contribution in [0.2, 0.25) is 0 Å². The Hall–Kier alpha value is -0.790. The largest absolute Gasteiger partial charge is 0.370 e. The lowest BCUT2D eigenvalue weighted by Gasteiger charge is -2.07. The van der Waals surface area contributed by atoms with Crippen molar-refractivity contribution in [2.75, 3.05) is 6.54 Å². The van der Waals surface area contributed by atoms with Gasteiger partial charge >= 0.3 is 0 Å². The molecule has 0 aliphatic rings. The second-order valence-corrected chi connectivity index (χ2v) is 4.75. The van der Waals surface area contributed by atoms with Crippen molar-refractivity contribution in [1.82, 2.24) is 15.1 Å². The molecule has 6 heteroatoms. The van der Waals surface area contributed by atoms with Crippen LogP contribution >= 0.6 is 24.0 Å². The molecule has 0 unspecified atom stereocenters. The Morgan fingerprint density at radius 3 is 2.50 bits per heavy atom. The number of aryl methyl sites for hydroxylation is 2. The molecule has 1 rings (SSSR count). The van der Waals surface area contributed by atoms with Crippen LogP contribution in [0.3, 0.4) is 0 Å². The molecule has 0 saturated carbocycles. The lowest BCUT2D eigenvalue weighted by atomic mass is 10.2. The highest BCUT2D eigenvalue weighted by Crippen LogP contribution is 2.12. The first-order chi connectivity index (χ1) is 7.91. The Bertz CT molecular complexity index is 409. The summed E-state index contributed by atoms with van der Waals surface area (Å²) in [6, 6.07) is 0. The fourth-order valence-electron chi connectivity index (χ4n) is 1.58. The molecule has 0 radical (unpaired) electrons. The molecule has 0 amide bonds. The number of halogens is 1. The number of nitrogens with zero attached hydrogens (tertiary/aromatic N) is 3. The Labute approximate surface area is 126 Å². The Kier molecular flexibility index (Phi) is 7.27. The molecule has 0 bridgehead atoms. The first-order valence-corrected chi connectivity index (χ1v) is 5.94. The number of nitrogens with one attached hydrogen (secondary N) is 1. The van der Waals surface area contributed by atoms with E-state index in [0.29, 0.717) is 18.4 Å². The monoisotopic (exact) mass is 365 g/mol. The van der Waals surface area contributed by atoms with Crippen molar-refractivity contribution in [3.05, 3.63) is 17.0 Å². The molecule has 104 valence electrons. The smallest absolute Gasteiger partial charge is 0.188 e. The number of rotatable bonds is 4. The lowest BCUT2D eigenvalue weighted by molar-refractivity contribution is 0.621. The van der Waals surface area contributed by atoms with Crippen LogP contribution in [0.1, 0.15) is 30.8 Å². The quantitative estimate of drug-likeness (QED) is 0.485. The molecule has 0 spiro atoms. The number of guanidine groups is 1. The van der Waals surface area contributed by atoms with Crippen molar-refractivity contribution in [3.8, 4) is 0 Å². The molecule has 0 aliphatic carbocycles. The topological polar surface area (TPSA) is 68.2 Å². The second-order valence-electron chi connectivity index (χ2n) is 4.75. The highest BCUT2D eigenvalue weighted by atomic mass is 127. The molecule has 0 fully saturated rings. The van der Waals surface area contributed by atoms with Crippen LogP contribution in [0.25, 0.3) is 0 Å². The third kappa shape index (κ3) is 4.83. The molecule has 0 aromatic carbocycles. The fraction of sp³-hybridized carbons (Fsp3) is 0.667. The summed E-state index contributed by atoms with van der Waals surface area (Å²) in [6.07, 6.45) is 0. The van der Waals surface area contributed by atoms with E-state index in [1.165, 1.54) is 0 Å². The first kappa shape index (κ1) is 17.2. The van der Waals surface area contributed by atoms with Crippen LogP contribution in [-0.4, -0.2) is 22.3 Å². The van der Waals surface area contributed by atoms with Crippen LogP contribution in [0.15, 0.2) is 4.99 Å². The van der Waals surface area contributed by atoms with Crippen molar-refractivity contribution in [3.63, 3.8) is 0 Å². The molecule has 3 N–H and O–H groups in total. The average Bonchev–Trinajstić information content (AvgIpc) is 2.48. The van der Waals surface area contributed by atoms with E-state index < -0.39 is 0 Å². The van der Waals surface area contributed by atoms with Crippen LogP contribution in [0.5, 0.6) is 0 Å². The van der Waals surface area contributed by atoms with Crippen LogP contribution < -0.4 is 11.1 Å². The maximum atomic E-state index is 5.79. The highest BCUT2D eigenvalue weighted by molar-refractivity contribution is 14.0. The van der Waals surface area contributed by atoms with E-state index in [-0.39, 0.29) is 24.0 Å². The van der Waals surface area contributed by atoms with Gasteiger partial charge in [-0.3, -0.25) is 4.68 Å². The molecule has 0 aliphatic heterocycles. The summed E-state index contributed by atoms with van der Waals surface area (Å²) in [6.45, 7) is 9.74. The van der Waals surface area contributed by atoms with Crippen LogP contribution in [0, 0.1) is 19.8 Å². The van der Waals surface area contributed by atoms with Gasteiger partial charge in [0.1, 0.15) is 0 Å². The van der Waals surface area contributed by atoms with E-state index >= 15 is 0 Å². The van der Waals surface area contributed by atoms with E-state index in [1.807, 2.05) is 25.6 Å². The summed E-state index contributed by atoms with van der Waals surface area (Å²) >= 11 is 0. The zero-order chi connectivity index (χ0) is 13.0. The minimum Gasteiger partial charge on any atom is -0.370 e. The van der Waals surface area contributed by atoms with E-state index in [1.54, 1.807) is 0 Å². The summed E-state index contributed by atoms with van der Waals surface area (Å²) in [5.74, 6) is 1.06. The van der Waals surface area contributed by atoms with Gasteiger partial charge in [-0.25, -0.2) is 4.99 Å². The highest BCUT2D eigenvalue weighted by Gasteiger charge is 2.08. The third-order valence-corrected chi connectivity index (χ3v) is 2.76.